The van der Waals surface area contributed by atoms with Crippen LogP contribution in [-0.2, 0) is 30.2 Å². The van der Waals surface area contributed by atoms with Crippen molar-refractivity contribution in [3.63, 3.8) is 0 Å². The van der Waals surface area contributed by atoms with Gasteiger partial charge in [-0.25, -0.2) is 13.6 Å². The molecular weight excluding hydrogens is 276 g/mol. The third kappa shape index (κ3) is 3.44. The number of primary sulfonamides is 1. The van der Waals surface area contributed by atoms with Crippen molar-refractivity contribution in [2.45, 2.75) is 24.9 Å². The lowest BCUT2D eigenvalue weighted by atomic mass is 10.2. The number of sulfonamides is 1. The molecule has 0 aliphatic heterocycles. The molecule has 0 amide bonds. The quantitative estimate of drug-likeness (QED) is 0.848. The molecule has 0 fully saturated rings. The highest BCUT2D eigenvalue weighted by molar-refractivity contribution is 7.89. The van der Waals surface area contributed by atoms with E-state index in [1.165, 1.54) is 6.07 Å². The molecule has 0 atom stereocenters. The van der Waals surface area contributed by atoms with Crippen LogP contribution in [0.15, 0.2) is 35.4 Å². The van der Waals surface area contributed by atoms with Crippen LogP contribution in [0.4, 0.5) is 0 Å². The van der Waals surface area contributed by atoms with Gasteiger partial charge in [0, 0.05) is 31.4 Å². The van der Waals surface area contributed by atoms with Gasteiger partial charge in [-0.2, -0.15) is 5.10 Å². The highest BCUT2D eigenvalue weighted by Gasteiger charge is 2.08. The molecule has 2 aromatic rings. The van der Waals surface area contributed by atoms with Gasteiger partial charge in [0.2, 0.25) is 10.0 Å². The number of rotatable bonds is 5. The number of nitrogens with one attached hydrogen (secondary N) is 1. The molecule has 6 nitrogen and oxygen atoms in total. The summed E-state index contributed by atoms with van der Waals surface area (Å²) >= 11 is 0. The Balaban J connectivity index is 2.00. The lowest BCUT2D eigenvalue weighted by Crippen LogP contribution is -2.15. The third-order valence-corrected chi connectivity index (χ3v) is 4.12. The van der Waals surface area contributed by atoms with Gasteiger partial charge in [-0.15, -0.1) is 0 Å². The predicted molar refractivity (Wildman–Crippen MR) is 76.3 cm³/mol. The molecule has 7 heteroatoms. The number of benzene rings is 1. The third-order valence-electron chi connectivity index (χ3n) is 3.21. The summed E-state index contributed by atoms with van der Waals surface area (Å²) < 4.78 is 24.4. The summed E-state index contributed by atoms with van der Waals surface area (Å²) in [5, 5.41) is 12.5. The van der Waals surface area contributed by atoms with Crippen LogP contribution in [-0.4, -0.2) is 18.2 Å². The predicted octanol–water partition coefficient (Wildman–Crippen LogP) is 0.666. The maximum absolute atomic E-state index is 11.3. The van der Waals surface area contributed by atoms with Gasteiger partial charge in [0.25, 0.3) is 0 Å². The molecule has 108 valence electrons. The van der Waals surface area contributed by atoms with Crippen LogP contribution in [0.3, 0.4) is 0 Å². The van der Waals surface area contributed by atoms with Gasteiger partial charge in [-0.05, 0) is 24.6 Å². The summed E-state index contributed by atoms with van der Waals surface area (Å²) in [6, 6.07) is 6.62. The topological polar surface area (TPSA) is 90.0 Å². The number of nitrogens with zero attached hydrogens (tertiary/aromatic N) is 2. The summed E-state index contributed by atoms with van der Waals surface area (Å²) in [5.74, 6) is 0. The molecular formula is C13H18N4O2S. The molecule has 0 aliphatic rings. The highest BCUT2D eigenvalue weighted by atomic mass is 32.2. The van der Waals surface area contributed by atoms with Crippen molar-refractivity contribution in [2.24, 2.45) is 12.2 Å². The normalized spacial score (nSPS) is 11.8. The zero-order chi connectivity index (χ0) is 14.8. The van der Waals surface area contributed by atoms with Gasteiger partial charge >= 0.3 is 0 Å². The molecule has 1 heterocycles. The molecule has 20 heavy (non-hydrogen) atoms. The minimum atomic E-state index is -3.65. The summed E-state index contributed by atoms with van der Waals surface area (Å²) in [4.78, 5) is 0.134. The van der Waals surface area contributed by atoms with Gasteiger partial charge in [-0.3, -0.25) is 4.68 Å². The second-order valence-electron chi connectivity index (χ2n) is 4.67. The number of hydrogen-bond acceptors (Lipinski definition) is 4. The molecule has 0 saturated heterocycles. The lowest BCUT2D eigenvalue weighted by molar-refractivity contribution is 0.597. The van der Waals surface area contributed by atoms with E-state index in [4.69, 9.17) is 5.14 Å². The van der Waals surface area contributed by atoms with Crippen LogP contribution in [0.25, 0.3) is 0 Å². The van der Waals surface area contributed by atoms with Gasteiger partial charge < -0.3 is 5.32 Å². The first-order valence-electron chi connectivity index (χ1n) is 6.18. The smallest absolute Gasteiger partial charge is 0.238 e. The molecule has 2 rings (SSSR count). The van der Waals surface area contributed by atoms with Crippen molar-refractivity contribution in [3.05, 3.63) is 47.3 Å². The Morgan fingerprint density at radius 1 is 1.35 bits per heavy atom. The lowest BCUT2D eigenvalue weighted by Gasteiger charge is -2.06. The van der Waals surface area contributed by atoms with E-state index < -0.39 is 10.0 Å². The minimum absolute atomic E-state index is 0.134. The molecule has 0 unspecified atom stereocenters. The number of hydrogen-bond donors (Lipinski definition) is 2. The molecule has 0 saturated carbocycles. The molecule has 0 bridgehead atoms. The van der Waals surface area contributed by atoms with E-state index in [1.807, 2.05) is 30.9 Å². The minimum Gasteiger partial charge on any atom is -0.308 e. The first-order valence-corrected chi connectivity index (χ1v) is 7.72. The van der Waals surface area contributed by atoms with Crippen molar-refractivity contribution in [1.82, 2.24) is 15.1 Å². The van der Waals surface area contributed by atoms with Gasteiger partial charge in [0.05, 0.1) is 11.1 Å². The van der Waals surface area contributed by atoms with Crippen molar-refractivity contribution >= 4 is 10.0 Å². The average Bonchev–Trinajstić information content (AvgIpc) is 2.70. The van der Waals surface area contributed by atoms with E-state index in [9.17, 15) is 8.42 Å². The molecule has 0 radical (unpaired) electrons. The Bertz CT molecular complexity index is 707. The SMILES string of the molecule is Cc1c(CNCc2cccc(S(N)(=O)=O)c2)cnn1C. The Labute approximate surface area is 118 Å². The van der Waals surface area contributed by atoms with Gasteiger partial charge in [0.15, 0.2) is 0 Å². The second kappa shape index (κ2) is 5.74. The van der Waals surface area contributed by atoms with Gasteiger partial charge in [-0.1, -0.05) is 12.1 Å². The van der Waals surface area contributed by atoms with E-state index >= 15 is 0 Å². The van der Waals surface area contributed by atoms with Crippen molar-refractivity contribution < 1.29 is 8.42 Å². The summed E-state index contributed by atoms with van der Waals surface area (Å²) in [6.07, 6.45) is 1.82. The number of aryl methyl sites for hydroxylation is 1. The highest BCUT2D eigenvalue weighted by Crippen LogP contribution is 2.10. The van der Waals surface area contributed by atoms with Crippen LogP contribution in [0.2, 0.25) is 0 Å². The zero-order valence-corrected chi connectivity index (χ0v) is 12.3. The maximum atomic E-state index is 11.3. The molecule has 0 aliphatic carbocycles. The Morgan fingerprint density at radius 3 is 2.70 bits per heavy atom. The van der Waals surface area contributed by atoms with Crippen molar-refractivity contribution in [1.29, 1.82) is 0 Å². The molecule has 3 N–H and O–H groups in total. The second-order valence-corrected chi connectivity index (χ2v) is 6.24. The zero-order valence-electron chi connectivity index (χ0n) is 11.5. The summed E-state index contributed by atoms with van der Waals surface area (Å²) in [6.45, 7) is 3.25. The fourth-order valence-corrected chi connectivity index (χ4v) is 2.48. The van der Waals surface area contributed by atoms with Crippen LogP contribution in [0, 0.1) is 6.92 Å². The van der Waals surface area contributed by atoms with E-state index in [0.29, 0.717) is 13.1 Å². The summed E-state index contributed by atoms with van der Waals surface area (Å²) in [5.41, 5.74) is 3.10. The first kappa shape index (κ1) is 14.7. The van der Waals surface area contributed by atoms with E-state index in [1.54, 1.807) is 12.1 Å². The number of aromatic nitrogens is 2. The molecule has 1 aromatic heterocycles. The largest absolute Gasteiger partial charge is 0.308 e. The van der Waals surface area contributed by atoms with Crippen LogP contribution in [0.5, 0.6) is 0 Å². The Hall–Kier alpha value is -1.70. The number of nitrogens with two attached hydrogens (primary N) is 1. The summed E-state index contributed by atoms with van der Waals surface area (Å²) in [7, 11) is -1.75. The fourth-order valence-electron chi connectivity index (χ4n) is 1.89. The van der Waals surface area contributed by atoms with E-state index in [2.05, 4.69) is 10.4 Å². The van der Waals surface area contributed by atoms with Crippen LogP contribution in [0.1, 0.15) is 16.8 Å². The monoisotopic (exact) mass is 294 g/mol. The van der Waals surface area contributed by atoms with Crippen molar-refractivity contribution in [3.8, 4) is 0 Å². The standard InChI is InChI=1S/C13H18N4O2S/c1-10-12(9-16-17(10)2)8-15-7-11-4-3-5-13(6-11)20(14,18)19/h3-6,9,15H,7-8H2,1-2H3,(H2,14,18,19). The van der Waals surface area contributed by atoms with E-state index in [-0.39, 0.29) is 4.90 Å². The fraction of sp³-hybridized carbons (Fsp3) is 0.308. The average molecular weight is 294 g/mol. The Morgan fingerprint density at radius 2 is 2.10 bits per heavy atom. The maximum Gasteiger partial charge on any atom is 0.238 e. The van der Waals surface area contributed by atoms with E-state index in [0.717, 1.165) is 16.8 Å². The van der Waals surface area contributed by atoms with Crippen LogP contribution >= 0.6 is 0 Å². The Kier molecular flexibility index (Phi) is 4.22. The van der Waals surface area contributed by atoms with Crippen molar-refractivity contribution in [2.75, 3.05) is 0 Å². The molecule has 0 spiro atoms. The molecule has 1 aromatic carbocycles. The first-order chi connectivity index (χ1) is 9.38. The van der Waals surface area contributed by atoms with Gasteiger partial charge in [0.1, 0.15) is 0 Å². The van der Waals surface area contributed by atoms with Crippen LogP contribution < -0.4 is 10.5 Å².